The molecule has 1 atom stereocenters. The van der Waals surface area contributed by atoms with Crippen LogP contribution in [0.1, 0.15) is 44.9 Å². The van der Waals surface area contributed by atoms with Gasteiger partial charge in [0.1, 0.15) is 6.04 Å². The molecule has 0 saturated heterocycles. The Hall–Kier alpha value is -3.48. The number of fused-ring (bicyclic) bond motifs is 1. The van der Waals surface area contributed by atoms with E-state index in [0.717, 1.165) is 4.90 Å². The van der Waals surface area contributed by atoms with Gasteiger partial charge in [-0.1, -0.05) is 18.2 Å². The molecule has 2 aromatic rings. The van der Waals surface area contributed by atoms with Crippen molar-refractivity contribution in [1.29, 1.82) is 0 Å². The molecule has 0 aromatic heterocycles. The lowest BCUT2D eigenvalue weighted by Crippen LogP contribution is -2.45. The zero-order valence-corrected chi connectivity index (χ0v) is 14.9. The Morgan fingerprint density at radius 3 is 2.26 bits per heavy atom. The number of benzene rings is 2. The van der Waals surface area contributed by atoms with Crippen molar-refractivity contribution >= 4 is 29.4 Å². The normalized spacial score (nSPS) is 13.9. The van der Waals surface area contributed by atoms with E-state index in [1.54, 1.807) is 49.4 Å². The number of esters is 1. The Balaban J connectivity index is 1.76. The summed E-state index contributed by atoms with van der Waals surface area (Å²) in [5.41, 5.74) is 1.23. The predicted molar refractivity (Wildman–Crippen MR) is 97.4 cm³/mol. The Kier molecular flexibility index (Phi) is 5.03. The zero-order chi connectivity index (χ0) is 19.6. The summed E-state index contributed by atoms with van der Waals surface area (Å²) in [4.78, 5) is 50.3. The van der Waals surface area contributed by atoms with Gasteiger partial charge >= 0.3 is 5.97 Å². The van der Waals surface area contributed by atoms with Gasteiger partial charge in [0.2, 0.25) is 5.91 Å². The molecule has 1 aliphatic heterocycles. The number of nitrogens with zero attached hydrogens (tertiary/aromatic N) is 1. The van der Waals surface area contributed by atoms with Crippen molar-refractivity contribution in [3.05, 3.63) is 65.2 Å². The number of hydrogen-bond donors (Lipinski definition) is 1. The van der Waals surface area contributed by atoms with E-state index < -0.39 is 29.7 Å². The molecule has 0 unspecified atom stereocenters. The van der Waals surface area contributed by atoms with E-state index in [9.17, 15) is 19.2 Å². The minimum atomic E-state index is -1.01. The molecule has 1 heterocycles. The Bertz CT molecular complexity index is 902. The smallest absolute Gasteiger partial charge is 0.338 e. The number of nitrogens with one attached hydrogen (secondary N) is 1. The molecule has 2 aromatic carbocycles. The lowest BCUT2D eigenvalue weighted by Gasteiger charge is -2.21. The minimum absolute atomic E-state index is 0.242. The van der Waals surface area contributed by atoms with Crippen LogP contribution in [-0.4, -0.2) is 41.2 Å². The average Bonchev–Trinajstić information content (AvgIpc) is 2.92. The van der Waals surface area contributed by atoms with Gasteiger partial charge in [-0.2, -0.15) is 0 Å². The van der Waals surface area contributed by atoms with Gasteiger partial charge in [-0.05, 0) is 44.2 Å². The van der Waals surface area contributed by atoms with Gasteiger partial charge < -0.3 is 10.1 Å². The van der Waals surface area contributed by atoms with Crippen molar-refractivity contribution in [2.45, 2.75) is 19.9 Å². The predicted octanol–water partition coefficient (Wildman–Crippen LogP) is 2.49. The van der Waals surface area contributed by atoms with Crippen LogP contribution in [0.2, 0.25) is 0 Å². The largest absolute Gasteiger partial charge is 0.462 e. The van der Waals surface area contributed by atoms with Crippen molar-refractivity contribution in [2.24, 2.45) is 0 Å². The van der Waals surface area contributed by atoms with Gasteiger partial charge in [0.25, 0.3) is 11.8 Å². The van der Waals surface area contributed by atoms with Crippen LogP contribution < -0.4 is 5.32 Å². The summed E-state index contributed by atoms with van der Waals surface area (Å²) in [6, 6.07) is 11.7. The number of rotatable bonds is 5. The molecule has 3 rings (SSSR count). The first-order valence-corrected chi connectivity index (χ1v) is 8.49. The van der Waals surface area contributed by atoms with Crippen LogP contribution >= 0.6 is 0 Å². The number of carbonyl (C=O) groups excluding carboxylic acids is 4. The summed E-state index contributed by atoms with van der Waals surface area (Å²) in [5.74, 6) is -2.04. The van der Waals surface area contributed by atoms with E-state index in [0.29, 0.717) is 11.3 Å². The van der Waals surface area contributed by atoms with E-state index in [-0.39, 0.29) is 17.7 Å². The van der Waals surface area contributed by atoms with E-state index >= 15 is 0 Å². The van der Waals surface area contributed by atoms with Crippen molar-refractivity contribution in [1.82, 2.24) is 4.90 Å². The van der Waals surface area contributed by atoms with E-state index in [4.69, 9.17) is 4.74 Å². The summed E-state index contributed by atoms with van der Waals surface area (Å²) < 4.78 is 4.93. The fourth-order valence-electron chi connectivity index (χ4n) is 2.86. The van der Waals surface area contributed by atoms with Gasteiger partial charge in [0.15, 0.2) is 0 Å². The standard InChI is InChI=1S/C20H18N2O5/c1-3-27-20(26)13-7-6-8-14(11-13)21-17(23)12(2)22-18(24)15-9-4-5-10-16(15)19(22)25/h4-12H,3H2,1-2H3,(H,21,23)/t12-/m1/s1. The number of imide groups is 1. The maximum Gasteiger partial charge on any atom is 0.338 e. The number of amides is 3. The first-order valence-electron chi connectivity index (χ1n) is 8.49. The highest BCUT2D eigenvalue weighted by atomic mass is 16.5. The molecule has 138 valence electrons. The molecule has 0 spiro atoms. The maximum atomic E-state index is 12.6. The topological polar surface area (TPSA) is 92.8 Å². The van der Waals surface area contributed by atoms with E-state index in [1.807, 2.05) is 0 Å². The summed E-state index contributed by atoms with van der Waals surface area (Å²) in [6.45, 7) is 3.42. The maximum absolute atomic E-state index is 12.6. The van der Waals surface area contributed by atoms with Crippen LogP contribution in [0, 0.1) is 0 Å². The van der Waals surface area contributed by atoms with Crippen LogP contribution in [-0.2, 0) is 9.53 Å². The van der Waals surface area contributed by atoms with Crippen molar-refractivity contribution in [2.75, 3.05) is 11.9 Å². The van der Waals surface area contributed by atoms with Crippen LogP contribution in [0.25, 0.3) is 0 Å². The second kappa shape index (κ2) is 7.41. The van der Waals surface area contributed by atoms with Crippen LogP contribution in [0.4, 0.5) is 5.69 Å². The molecule has 7 heteroatoms. The summed E-state index contributed by atoms with van der Waals surface area (Å²) >= 11 is 0. The highest BCUT2D eigenvalue weighted by molar-refractivity contribution is 6.23. The van der Waals surface area contributed by atoms with Gasteiger partial charge in [0.05, 0.1) is 23.3 Å². The number of anilines is 1. The number of ether oxygens (including phenoxy) is 1. The average molecular weight is 366 g/mol. The molecular weight excluding hydrogens is 348 g/mol. The molecule has 0 radical (unpaired) electrons. The molecule has 7 nitrogen and oxygen atoms in total. The Labute approximate surface area is 155 Å². The number of hydrogen-bond acceptors (Lipinski definition) is 5. The third-order valence-electron chi connectivity index (χ3n) is 4.23. The number of carbonyl (C=O) groups is 4. The molecule has 1 N–H and O–H groups in total. The monoisotopic (exact) mass is 366 g/mol. The van der Waals surface area contributed by atoms with Crippen LogP contribution in [0.3, 0.4) is 0 Å². The quantitative estimate of drug-likeness (QED) is 0.648. The fourth-order valence-corrected chi connectivity index (χ4v) is 2.86. The highest BCUT2D eigenvalue weighted by Gasteiger charge is 2.40. The van der Waals surface area contributed by atoms with Gasteiger partial charge in [-0.25, -0.2) is 4.79 Å². The fraction of sp³-hybridized carbons (Fsp3) is 0.200. The molecule has 0 bridgehead atoms. The summed E-state index contributed by atoms with van der Waals surface area (Å²) in [6.07, 6.45) is 0. The molecule has 3 amide bonds. The van der Waals surface area contributed by atoms with Crippen LogP contribution in [0.15, 0.2) is 48.5 Å². The SMILES string of the molecule is CCOC(=O)c1cccc(NC(=O)[C@@H](C)N2C(=O)c3ccccc3C2=O)c1. The Morgan fingerprint density at radius 1 is 1.04 bits per heavy atom. The Morgan fingerprint density at radius 2 is 1.67 bits per heavy atom. The van der Waals surface area contributed by atoms with Gasteiger partial charge in [0, 0.05) is 5.69 Å². The summed E-state index contributed by atoms with van der Waals surface area (Å²) in [5, 5.41) is 2.63. The van der Waals surface area contributed by atoms with Crippen molar-refractivity contribution in [3.8, 4) is 0 Å². The molecule has 0 aliphatic carbocycles. The van der Waals surface area contributed by atoms with Crippen LogP contribution in [0.5, 0.6) is 0 Å². The zero-order valence-electron chi connectivity index (χ0n) is 14.9. The first-order chi connectivity index (χ1) is 12.9. The minimum Gasteiger partial charge on any atom is -0.462 e. The van der Waals surface area contributed by atoms with Crippen molar-refractivity contribution < 1.29 is 23.9 Å². The van der Waals surface area contributed by atoms with E-state index in [2.05, 4.69) is 5.32 Å². The van der Waals surface area contributed by atoms with E-state index in [1.165, 1.54) is 13.0 Å². The molecule has 1 aliphatic rings. The second-order valence-corrected chi connectivity index (χ2v) is 5.99. The first kappa shape index (κ1) is 18.3. The lowest BCUT2D eigenvalue weighted by atomic mass is 10.1. The third-order valence-corrected chi connectivity index (χ3v) is 4.23. The van der Waals surface area contributed by atoms with Gasteiger partial charge in [-0.3, -0.25) is 19.3 Å². The molecule has 0 saturated carbocycles. The second-order valence-electron chi connectivity index (χ2n) is 5.99. The summed E-state index contributed by atoms with van der Waals surface area (Å²) in [7, 11) is 0. The lowest BCUT2D eigenvalue weighted by molar-refractivity contribution is -0.119. The molecular formula is C20H18N2O5. The third kappa shape index (κ3) is 3.44. The molecule has 27 heavy (non-hydrogen) atoms. The van der Waals surface area contributed by atoms with Crippen molar-refractivity contribution in [3.63, 3.8) is 0 Å². The molecule has 0 fully saturated rings. The highest BCUT2D eigenvalue weighted by Crippen LogP contribution is 2.25. The van der Waals surface area contributed by atoms with Gasteiger partial charge in [-0.15, -0.1) is 0 Å².